The summed E-state index contributed by atoms with van der Waals surface area (Å²) in [6, 6.07) is 14.7. The Balaban J connectivity index is 0.00000237. The SMILES string of the molecule is CC.CCOC(=O)NC(=N[C@@H](CCC1CCCCC1)C(=O)N[C@@H](CC)C(=O)c1nc2ccccc2o1)c1ccccc1. The molecule has 9 heteroatoms. The van der Waals surface area contributed by atoms with E-state index < -0.39 is 24.0 Å². The molecule has 1 fully saturated rings. The van der Waals surface area contributed by atoms with Crippen LogP contribution in [-0.2, 0) is 9.53 Å². The van der Waals surface area contributed by atoms with Crippen LogP contribution in [0.4, 0.5) is 4.79 Å². The van der Waals surface area contributed by atoms with Crippen molar-refractivity contribution in [1.29, 1.82) is 0 Å². The molecule has 4 rings (SSSR count). The number of nitrogens with zero attached hydrogens (tertiary/aromatic N) is 2. The summed E-state index contributed by atoms with van der Waals surface area (Å²) in [5.41, 5.74) is 1.75. The van der Waals surface area contributed by atoms with E-state index in [2.05, 4.69) is 15.6 Å². The number of hydrogen-bond acceptors (Lipinski definition) is 7. The van der Waals surface area contributed by atoms with Crippen molar-refractivity contribution in [3.63, 3.8) is 0 Å². The van der Waals surface area contributed by atoms with Gasteiger partial charge in [0.25, 0.3) is 5.89 Å². The number of fused-ring (bicyclic) bond motifs is 1. The number of para-hydroxylation sites is 2. The zero-order valence-corrected chi connectivity index (χ0v) is 25.2. The van der Waals surface area contributed by atoms with Crippen molar-refractivity contribution >= 4 is 34.7 Å². The predicted molar refractivity (Wildman–Crippen MR) is 165 cm³/mol. The molecule has 3 aromatic rings. The average molecular weight is 577 g/mol. The number of alkyl carbamates (subject to hydrolysis) is 1. The van der Waals surface area contributed by atoms with Crippen molar-refractivity contribution in [3.05, 3.63) is 66.1 Å². The van der Waals surface area contributed by atoms with E-state index in [9.17, 15) is 14.4 Å². The fourth-order valence-corrected chi connectivity index (χ4v) is 5.07. The molecule has 1 aliphatic rings. The number of amidine groups is 1. The van der Waals surface area contributed by atoms with E-state index in [1.807, 2.05) is 63.2 Å². The van der Waals surface area contributed by atoms with Crippen LogP contribution in [0.2, 0.25) is 0 Å². The molecule has 0 saturated heterocycles. The highest BCUT2D eigenvalue weighted by Gasteiger charge is 2.29. The summed E-state index contributed by atoms with van der Waals surface area (Å²) in [6.45, 7) is 7.75. The minimum atomic E-state index is -0.828. The molecule has 1 heterocycles. The quantitative estimate of drug-likeness (QED) is 0.146. The predicted octanol–water partition coefficient (Wildman–Crippen LogP) is 6.85. The largest absolute Gasteiger partial charge is 0.450 e. The van der Waals surface area contributed by atoms with Crippen LogP contribution < -0.4 is 10.6 Å². The summed E-state index contributed by atoms with van der Waals surface area (Å²) in [6.07, 6.45) is 6.95. The van der Waals surface area contributed by atoms with Crippen molar-refractivity contribution in [3.8, 4) is 0 Å². The first-order chi connectivity index (χ1) is 20.5. The Hall–Kier alpha value is -4.01. The number of nitrogens with one attached hydrogen (secondary N) is 2. The van der Waals surface area contributed by atoms with Gasteiger partial charge in [0, 0.05) is 5.56 Å². The van der Waals surface area contributed by atoms with Crippen LogP contribution in [0.3, 0.4) is 0 Å². The lowest BCUT2D eigenvalue weighted by atomic mass is 9.85. The van der Waals surface area contributed by atoms with Gasteiger partial charge in [0.15, 0.2) is 5.58 Å². The summed E-state index contributed by atoms with van der Waals surface area (Å²) >= 11 is 0. The van der Waals surface area contributed by atoms with Crippen LogP contribution in [0.5, 0.6) is 0 Å². The molecule has 2 N–H and O–H groups in total. The molecule has 1 aromatic heterocycles. The number of amides is 2. The molecule has 1 saturated carbocycles. The molecule has 226 valence electrons. The third-order valence-corrected chi connectivity index (χ3v) is 7.25. The maximum Gasteiger partial charge on any atom is 0.412 e. The van der Waals surface area contributed by atoms with Crippen molar-refractivity contribution in [2.45, 2.75) is 91.1 Å². The smallest absolute Gasteiger partial charge is 0.412 e. The van der Waals surface area contributed by atoms with Crippen molar-refractivity contribution < 1.29 is 23.5 Å². The van der Waals surface area contributed by atoms with Gasteiger partial charge in [-0.05, 0) is 44.2 Å². The molecule has 0 spiro atoms. The van der Waals surface area contributed by atoms with Gasteiger partial charge in [-0.3, -0.25) is 19.9 Å². The number of benzene rings is 2. The summed E-state index contributed by atoms with van der Waals surface area (Å²) < 4.78 is 10.8. The van der Waals surface area contributed by atoms with Gasteiger partial charge in [-0.2, -0.15) is 0 Å². The maximum absolute atomic E-state index is 13.7. The number of ether oxygens (including phenoxy) is 1. The number of aromatic nitrogens is 1. The summed E-state index contributed by atoms with van der Waals surface area (Å²) in [4.78, 5) is 48.4. The van der Waals surface area contributed by atoms with Crippen molar-refractivity contribution in [2.24, 2.45) is 10.9 Å². The van der Waals surface area contributed by atoms with Gasteiger partial charge in [0.2, 0.25) is 11.7 Å². The molecule has 0 bridgehead atoms. The van der Waals surface area contributed by atoms with E-state index in [1.54, 1.807) is 19.1 Å². The summed E-state index contributed by atoms with van der Waals surface area (Å²) in [5.74, 6) is -0.0345. The lowest BCUT2D eigenvalue weighted by Gasteiger charge is -2.24. The lowest BCUT2D eigenvalue weighted by Crippen LogP contribution is -2.46. The van der Waals surface area contributed by atoms with E-state index in [0.29, 0.717) is 35.4 Å². The van der Waals surface area contributed by atoms with Crippen LogP contribution in [0.15, 0.2) is 64.0 Å². The zero-order chi connectivity index (χ0) is 30.3. The van der Waals surface area contributed by atoms with Crippen LogP contribution in [0.1, 0.15) is 95.3 Å². The van der Waals surface area contributed by atoms with Crippen LogP contribution in [0.25, 0.3) is 11.1 Å². The van der Waals surface area contributed by atoms with Crippen LogP contribution in [0, 0.1) is 5.92 Å². The van der Waals surface area contributed by atoms with Crippen LogP contribution >= 0.6 is 0 Å². The molecular weight excluding hydrogens is 532 g/mol. The lowest BCUT2D eigenvalue weighted by molar-refractivity contribution is -0.123. The van der Waals surface area contributed by atoms with E-state index in [0.717, 1.165) is 19.3 Å². The number of Topliss-reactive ketones (excluding diaryl/α,β-unsaturated/α-hetero) is 1. The average Bonchev–Trinajstić information content (AvgIpc) is 3.47. The Morgan fingerprint density at radius 3 is 2.36 bits per heavy atom. The Morgan fingerprint density at radius 2 is 1.69 bits per heavy atom. The molecule has 2 atom stereocenters. The van der Waals surface area contributed by atoms with E-state index >= 15 is 0 Å². The Bertz CT molecular complexity index is 1280. The van der Waals surface area contributed by atoms with Gasteiger partial charge in [0.05, 0.1) is 12.6 Å². The highest BCUT2D eigenvalue weighted by molar-refractivity contribution is 6.07. The topological polar surface area (TPSA) is 123 Å². The second kappa shape index (κ2) is 17.1. The van der Waals surface area contributed by atoms with Crippen molar-refractivity contribution in [1.82, 2.24) is 15.6 Å². The molecule has 42 heavy (non-hydrogen) atoms. The second-order valence-corrected chi connectivity index (χ2v) is 10.1. The molecule has 2 amide bonds. The van der Waals surface area contributed by atoms with Gasteiger partial charge in [-0.15, -0.1) is 0 Å². The normalized spacial score (nSPS) is 15.2. The van der Waals surface area contributed by atoms with Crippen molar-refractivity contribution in [2.75, 3.05) is 6.61 Å². The third-order valence-electron chi connectivity index (χ3n) is 7.25. The zero-order valence-electron chi connectivity index (χ0n) is 25.2. The molecule has 0 radical (unpaired) electrons. The number of ketones is 1. The van der Waals surface area contributed by atoms with E-state index in [-0.39, 0.29) is 24.2 Å². The highest BCUT2D eigenvalue weighted by atomic mass is 16.5. The fourth-order valence-electron chi connectivity index (χ4n) is 5.07. The van der Waals surface area contributed by atoms with Gasteiger partial charge >= 0.3 is 6.09 Å². The Labute approximate surface area is 248 Å². The summed E-state index contributed by atoms with van der Waals surface area (Å²) in [7, 11) is 0. The minimum Gasteiger partial charge on any atom is -0.450 e. The monoisotopic (exact) mass is 576 g/mol. The fraction of sp³-hybridized carbons (Fsp3) is 0.485. The molecule has 1 aliphatic carbocycles. The number of carbonyl (C=O) groups excluding carboxylic acids is 3. The number of aliphatic imine (C=N–C) groups is 1. The summed E-state index contributed by atoms with van der Waals surface area (Å²) in [5, 5.41) is 5.60. The van der Waals surface area contributed by atoms with Gasteiger partial charge in [0.1, 0.15) is 17.4 Å². The number of oxazole rings is 1. The Kier molecular flexibility index (Phi) is 13.2. The van der Waals surface area contributed by atoms with Gasteiger partial charge < -0.3 is 14.5 Å². The highest BCUT2D eigenvalue weighted by Crippen LogP contribution is 2.28. The number of hydrogen-bond donors (Lipinski definition) is 2. The maximum atomic E-state index is 13.7. The number of carbonyl (C=O) groups is 3. The van der Waals surface area contributed by atoms with Crippen LogP contribution in [-0.4, -0.2) is 47.3 Å². The molecule has 0 unspecified atom stereocenters. The minimum absolute atomic E-state index is 0.0374. The van der Waals surface area contributed by atoms with E-state index in [1.165, 1.54) is 19.3 Å². The first kappa shape index (κ1) is 32.5. The third kappa shape index (κ3) is 9.26. The Morgan fingerprint density at radius 1 is 1.00 bits per heavy atom. The second-order valence-electron chi connectivity index (χ2n) is 10.1. The molecule has 9 nitrogen and oxygen atoms in total. The van der Waals surface area contributed by atoms with E-state index in [4.69, 9.17) is 14.1 Å². The molecule has 0 aliphatic heterocycles. The molecule has 2 aromatic carbocycles. The standard InChI is InChI=1S/C31H38N4O5.C2H6/c1-3-23(27(36)30-34-24-17-11-12-18-26(24)40-30)33-29(37)25(20-19-21-13-7-5-8-14-21)32-28(35-31(38)39-4-2)22-15-9-6-10-16-22;1-2/h6,9-12,15-18,21,23,25H,3-5,7-8,13-14,19-20H2,1-2H3,(H,33,37)(H,32,35,38);1-2H3/t23-,25-;/m0./s1. The molecular formula is C33H44N4O5. The number of rotatable bonds is 11. The van der Waals surface area contributed by atoms with Gasteiger partial charge in [-0.25, -0.2) is 9.78 Å². The first-order valence-corrected chi connectivity index (χ1v) is 15.3. The first-order valence-electron chi connectivity index (χ1n) is 15.3. The van der Waals surface area contributed by atoms with Gasteiger partial charge in [-0.1, -0.05) is 95.3 Å².